The SMILES string of the molecule is CCNC(=O)[C@H](C)N(Cc1ccccc1F)C(=O)CN(c1ccc(F)cc1)S(C)(=O)=O. The van der Waals surface area contributed by atoms with E-state index in [0.29, 0.717) is 6.54 Å². The molecule has 0 heterocycles. The second-order valence-corrected chi connectivity index (χ2v) is 8.84. The minimum atomic E-state index is -3.91. The van der Waals surface area contributed by atoms with Gasteiger partial charge in [0, 0.05) is 18.7 Å². The number of anilines is 1. The van der Waals surface area contributed by atoms with Gasteiger partial charge in [-0.15, -0.1) is 0 Å². The molecule has 0 unspecified atom stereocenters. The molecule has 2 aromatic rings. The van der Waals surface area contributed by atoms with Crippen LogP contribution < -0.4 is 9.62 Å². The third-order valence-electron chi connectivity index (χ3n) is 4.61. The lowest BCUT2D eigenvalue weighted by atomic mass is 10.1. The number of hydrogen-bond donors (Lipinski definition) is 1. The fourth-order valence-electron chi connectivity index (χ4n) is 2.94. The van der Waals surface area contributed by atoms with Crippen LogP contribution in [-0.2, 0) is 26.2 Å². The Balaban J connectivity index is 2.38. The van der Waals surface area contributed by atoms with Crippen LogP contribution in [0.1, 0.15) is 19.4 Å². The first-order valence-electron chi connectivity index (χ1n) is 9.58. The van der Waals surface area contributed by atoms with E-state index in [2.05, 4.69) is 5.32 Å². The predicted octanol–water partition coefficient (Wildman–Crippen LogP) is 2.28. The van der Waals surface area contributed by atoms with Gasteiger partial charge in [0.25, 0.3) is 0 Å². The molecule has 168 valence electrons. The fourth-order valence-corrected chi connectivity index (χ4v) is 3.79. The van der Waals surface area contributed by atoms with Gasteiger partial charge in [-0.25, -0.2) is 17.2 Å². The van der Waals surface area contributed by atoms with E-state index in [9.17, 15) is 26.8 Å². The normalized spacial score (nSPS) is 12.2. The van der Waals surface area contributed by atoms with Crippen molar-refractivity contribution in [1.82, 2.24) is 10.2 Å². The predicted molar refractivity (Wildman–Crippen MR) is 114 cm³/mol. The summed E-state index contributed by atoms with van der Waals surface area (Å²) in [5.74, 6) is -2.28. The molecule has 1 atom stereocenters. The number of carbonyl (C=O) groups is 2. The highest BCUT2D eigenvalue weighted by atomic mass is 32.2. The van der Waals surface area contributed by atoms with Gasteiger partial charge in [0.15, 0.2) is 0 Å². The zero-order valence-corrected chi connectivity index (χ0v) is 18.3. The number of nitrogens with one attached hydrogen (secondary N) is 1. The summed E-state index contributed by atoms with van der Waals surface area (Å²) in [5.41, 5.74) is 0.272. The van der Waals surface area contributed by atoms with E-state index in [1.54, 1.807) is 13.0 Å². The maximum atomic E-state index is 14.2. The third-order valence-corrected chi connectivity index (χ3v) is 5.75. The van der Waals surface area contributed by atoms with Gasteiger partial charge in [-0.2, -0.15) is 0 Å². The Bertz CT molecular complexity index is 1030. The van der Waals surface area contributed by atoms with E-state index in [1.165, 1.54) is 37.3 Å². The Kier molecular flexibility index (Phi) is 8.09. The maximum Gasteiger partial charge on any atom is 0.244 e. The van der Waals surface area contributed by atoms with Crippen LogP contribution in [0, 0.1) is 11.6 Å². The number of amides is 2. The number of halogens is 2. The van der Waals surface area contributed by atoms with E-state index in [4.69, 9.17) is 0 Å². The number of benzene rings is 2. The van der Waals surface area contributed by atoms with Crippen molar-refractivity contribution in [2.24, 2.45) is 0 Å². The summed E-state index contributed by atoms with van der Waals surface area (Å²) in [6, 6.07) is 9.44. The second kappa shape index (κ2) is 10.3. The lowest BCUT2D eigenvalue weighted by Gasteiger charge is -2.31. The molecule has 0 spiro atoms. The first-order valence-corrected chi connectivity index (χ1v) is 11.4. The monoisotopic (exact) mass is 453 g/mol. The van der Waals surface area contributed by atoms with E-state index >= 15 is 0 Å². The third kappa shape index (κ3) is 6.48. The van der Waals surface area contributed by atoms with Gasteiger partial charge >= 0.3 is 0 Å². The maximum absolute atomic E-state index is 14.2. The molecule has 0 aliphatic heterocycles. The Morgan fingerprint density at radius 2 is 1.68 bits per heavy atom. The molecular weight excluding hydrogens is 428 g/mol. The molecule has 0 fully saturated rings. The molecule has 2 rings (SSSR count). The average molecular weight is 454 g/mol. The van der Waals surface area contributed by atoms with Gasteiger partial charge < -0.3 is 10.2 Å². The average Bonchev–Trinajstić information content (AvgIpc) is 2.71. The molecule has 0 aromatic heterocycles. The van der Waals surface area contributed by atoms with Crippen molar-refractivity contribution >= 4 is 27.5 Å². The summed E-state index contributed by atoms with van der Waals surface area (Å²) in [6.07, 6.45) is 0.915. The molecule has 10 heteroatoms. The molecule has 0 aliphatic carbocycles. The fraction of sp³-hybridized carbons (Fsp3) is 0.333. The summed E-state index contributed by atoms with van der Waals surface area (Å²) < 4.78 is 52.9. The molecule has 0 aliphatic rings. The summed E-state index contributed by atoms with van der Waals surface area (Å²) in [5, 5.41) is 2.60. The second-order valence-electron chi connectivity index (χ2n) is 6.93. The molecular formula is C21H25F2N3O4S. The highest BCUT2D eigenvalue weighted by Gasteiger charge is 2.30. The van der Waals surface area contributed by atoms with Crippen LogP contribution >= 0.6 is 0 Å². The first-order chi connectivity index (χ1) is 14.5. The number of hydrogen-bond acceptors (Lipinski definition) is 4. The van der Waals surface area contributed by atoms with Gasteiger partial charge in [0.2, 0.25) is 21.8 Å². The van der Waals surface area contributed by atoms with Gasteiger partial charge in [0.05, 0.1) is 11.9 Å². The molecule has 0 bridgehead atoms. The highest BCUT2D eigenvalue weighted by molar-refractivity contribution is 7.92. The number of sulfonamides is 1. The van der Waals surface area contributed by atoms with Crippen LogP contribution in [0.5, 0.6) is 0 Å². The molecule has 7 nitrogen and oxygen atoms in total. The Morgan fingerprint density at radius 3 is 2.23 bits per heavy atom. The van der Waals surface area contributed by atoms with Crippen LogP contribution in [0.4, 0.5) is 14.5 Å². The van der Waals surface area contributed by atoms with Crippen LogP contribution in [0.3, 0.4) is 0 Å². The summed E-state index contributed by atoms with van der Waals surface area (Å²) in [7, 11) is -3.91. The van der Waals surface area contributed by atoms with Crippen molar-refractivity contribution in [2.75, 3.05) is 23.7 Å². The minimum Gasteiger partial charge on any atom is -0.355 e. The van der Waals surface area contributed by atoms with Crippen molar-refractivity contribution in [3.05, 3.63) is 65.7 Å². The van der Waals surface area contributed by atoms with Crippen molar-refractivity contribution in [1.29, 1.82) is 0 Å². The number of carbonyl (C=O) groups excluding carboxylic acids is 2. The summed E-state index contributed by atoms with van der Waals surface area (Å²) in [6.45, 7) is 2.66. The van der Waals surface area contributed by atoms with Crippen LogP contribution in [-0.4, -0.2) is 50.5 Å². The van der Waals surface area contributed by atoms with E-state index < -0.39 is 46.1 Å². The Morgan fingerprint density at radius 1 is 1.06 bits per heavy atom. The number of rotatable bonds is 9. The zero-order chi connectivity index (χ0) is 23.2. The van der Waals surface area contributed by atoms with Crippen molar-refractivity contribution in [2.45, 2.75) is 26.4 Å². The Labute approximate surface area is 180 Å². The number of nitrogens with zero attached hydrogens (tertiary/aromatic N) is 2. The lowest BCUT2D eigenvalue weighted by Crippen LogP contribution is -2.51. The smallest absolute Gasteiger partial charge is 0.244 e. The Hall–Kier alpha value is -3.01. The van der Waals surface area contributed by atoms with E-state index in [0.717, 1.165) is 27.6 Å². The van der Waals surface area contributed by atoms with Crippen molar-refractivity contribution < 1.29 is 26.8 Å². The highest BCUT2D eigenvalue weighted by Crippen LogP contribution is 2.20. The molecule has 2 aromatic carbocycles. The van der Waals surface area contributed by atoms with E-state index in [1.807, 2.05) is 0 Å². The largest absolute Gasteiger partial charge is 0.355 e. The van der Waals surface area contributed by atoms with Gasteiger partial charge in [0.1, 0.15) is 24.2 Å². The van der Waals surface area contributed by atoms with E-state index in [-0.39, 0.29) is 17.8 Å². The van der Waals surface area contributed by atoms with Gasteiger partial charge in [-0.3, -0.25) is 13.9 Å². The molecule has 1 N–H and O–H groups in total. The van der Waals surface area contributed by atoms with Crippen molar-refractivity contribution in [3.63, 3.8) is 0 Å². The van der Waals surface area contributed by atoms with Crippen LogP contribution in [0.2, 0.25) is 0 Å². The molecule has 0 saturated carbocycles. The first kappa shape index (κ1) is 24.3. The number of likely N-dealkylation sites (N-methyl/N-ethyl adjacent to an activating group) is 1. The molecule has 31 heavy (non-hydrogen) atoms. The minimum absolute atomic E-state index is 0.0914. The quantitative estimate of drug-likeness (QED) is 0.631. The topological polar surface area (TPSA) is 86.8 Å². The zero-order valence-electron chi connectivity index (χ0n) is 17.5. The van der Waals surface area contributed by atoms with Crippen molar-refractivity contribution in [3.8, 4) is 0 Å². The summed E-state index contributed by atoms with van der Waals surface area (Å²) in [4.78, 5) is 26.6. The summed E-state index contributed by atoms with van der Waals surface area (Å²) >= 11 is 0. The van der Waals surface area contributed by atoms with Gasteiger partial charge in [-0.05, 0) is 44.2 Å². The van der Waals surface area contributed by atoms with Gasteiger partial charge in [-0.1, -0.05) is 18.2 Å². The molecule has 2 amide bonds. The molecule has 0 radical (unpaired) electrons. The standard InChI is InChI=1S/C21H25F2N3O4S/c1-4-24-21(28)15(2)25(13-16-7-5-6-8-19(16)23)20(27)14-26(31(3,29)30)18-11-9-17(22)10-12-18/h5-12,15H,4,13-14H2,1-3H3,(H,24,28)/t15-/m0/s1. The lowest BCUT2D eigenvalue weighted by molar-refractivity contribution is -0.139. The molecule has 0 saturated heterocycles. The van der Waals surface area contributed by atoms with Crippen LogP contribution in [0.15, 0.2) is 48.5 Å². The van der Waals surface area contributed by atoms with Crippen LogP contribution in [0.25, 0.3) is 0 Å².